The van der Waals surface area contributed by atoms with Crippen molar-refractivity contribution in [3.8, 4) is 5.75 Å². The summed E-state index contributed by atoms with van der Waals surface area (Å²) < 4.78 is 5.96. The summed E-state index contributed by atoms with van der Waals surface area (Å²) in [5, 5.41) is 0.946. The van der Waals surface area contributed by atoms with Crippen molar-refractivity contribution in [2.75, 3.05) is 5.73 Å². The Kier molecular flexibility index (Phi) is 3.48. The first-order chi connectivity index (χ1) is 10.1. The number of hydrogen-bond donors (Lipinski definition) is 1. The van der Waals surface area contributed by atoms with Gasteiger partial charge in [0, 0.05) is 11.6 Å². The van der Waals surface area contributed by atoms with Crippen LogP contribution in [0.5, 0.6) is 5.75 Å². The van der Waals surface area contributed by atoms with E-state index in [0.29, 0.717) is 12.3 Å². The van der Waals surface area contributed by atoms with Crippen molar-refractivity contribution in [2.24, 2.45) is 0 Å². The minimum Gasteiger partial charge on any atom is -0.488 e. The minimum absolute atomic E-state index is 0.537. The molecule has 0 atom stereocenters. The Morgan fingerprint density at radius 3 is 2.71 bits per heavy atom. The summed E-state index contributed by atoms with van der Waals surface area (Å²) in [6.07, 6.45) is 1.74. The van der Waals surface area contributed by atoms with E-state index < -0.39 is 0 Å². The number of anilines is 1. The maximum atomic E-state index is 5.96. The van der Waals surface area contributed by atoms with Gasteiger partial charge in [-0.3, -0.25) is 4.98 Å². The summed E-state index contributed by atoms with van der Waals surface area (Å²) >= 11 is 0. The molecule has 2 aromatic carbocycles. The van der Waals surface area contributed by atoms with Crippen LogP contribution < -0.4 is 10.5 Å². The van der Waals surface area contributed by atoms with Crippen LogP contribution in [-0.4, -0.2) is 4.98 Å². The van der Waals surface area contributed by atoms with Crippen molar-refractivity contribution in [3.05, 3.63) is 65.4 Å². The lowest BCUT2D eigenvalue weighted by atomic mass is 10.1. The van der Waals surface area contributed by atoms with Crippen LogP contribution in [0, 0.1) is 13.8 Å². The summed E-state index contributed by atoms with van der Waals surface area (Å²) in [5.41, 5.74) is 11.1. The highest BCUT2D eigenvalue weighted by Crippen LogP contribution is 2.29. The van der Waals surface area contributed by atoms with Crippen molar-refractivity contribution >= 4 is 16.6 Å². The second-order valence-corrected chi connectivity index (χ2v) is 5.26. The van der Waals surface area contributed by atoms with E-state index >= 15 is 0 Å². The van der Waals surface area contributed by atoms with Gasteiger partial charge >= 0.3 is 0 Å². The molecule has 1 heterocycles. The molecule has 21 heavy (non-hydrogen) atoms. The number of pyridine rings is 1. The highest BCUT2D eigenvalue weighted by atomic mass is 16.5. The molecule has 0 bridgehead atoms. The van der Waals surface area contributed by atoms with Gasteiger partial charge < -0.3 is 10.5 Å². The normalized spacial score (nSPS) is 10.8. The van der Waals surface area contributed by atoms with Gasteiger partial charge in [-0.1, -0.05) is 18.2 Å². The second-order valence-electron chi connectivity index (χ2n) is 5.26. The third-order valence-corrected chi connectivity index (χ3v) is 3.73. The van der Waals surface area contributed by atoms with E-state index in [1.807, 2.05) is 24.3 Å². The molecule has 3 rings (SSSR count). The molecule has 0 saturated carbocycles. The van der Waals surface area contributed by atoms with Gasteiger partial charge in [0.05, 0.1) is 11.2 Å². The molecular formula is C18H18N2O. The lowest BCUT2D eigenvalue weighted by Gasteiger charge is -2.11. The fraction of sp³-hybridized carbons (Fsp3) is 0.167. The second kappa shape index (κ2) is 5.44. The average molecular weight is 278 g/mol. The smallest absolute Gasteiger partial charge is 0.129 e. The quantitative estimate of drug-likeness (QED) is 0.736. The van der Waals surface area contributed by atoms with Crippen molar-refractivity contribution in [2.45, 2.75) is 20.5 Å². The number of fused-ring (bicyclic) bond motifs is 1. The Morgan fingerprint density at radius 2 is 1.90 bits per heavy atom. The van der Waals surface area contributed by atoms with Gasteiger partial charge in [0.25, 0.3) is 0 Å². The number of benzene rings is 2. The highest BCUT2D eigenvalue weighted by molar-refractivity contribution is 5.93. The topological polar surface area (TPSA) is 48.1 Å². The number of rotatable bonds is 3. The Hall–Kier alpha value is -2.55. The number of aromatic nitrogens is 1. The Balaban J connectivity index is 1.88. The molecule has 0 amide bonds. The zero-order valence-corrected chi connectivity index (χ0v) is 12.3. The molecule has 3 heteroatoms. The third kappa shape index (κ3) is 2.68. The third-order valence-electron chi connectivity index (χ3n) is 3.73. The predicted octanol–water partition coefficient (Wildman–Crippen LogP) is 4.01. The van der Waals surface area contributed by atoms with Gasteiger partial charge in [-0.05, 0) is 54.8 Å². The van der Waals surface area contributed by atoms with E-state index in [0.717, 1.165) is 22.2 Å². The average Bonchev–Trinajstić information content (AvgIpc) is 2.50. The predicted molar refractivity (Wildman–Crippen MR) is 86.4 cm³/mol. The van der Waals surface area contributed by atoms with Gasteiger partial charge in [0.15, 0.2) is 0 Å². The number of nitrogens with zero attached hydrogens (tertiary/aromatic N) is 1. The Bertz CT molecular complexity index is 796. The molecule has 2 N–H and O–H groups in total. The fourth-order valence-corrected chi connectivity index (χ4v) is 2.35. The van der Waals surface area contributed by atoms with Crippen LogP contribution in [0.2, 0.25) is 0 Å². The number of aryl methyl sites for hydroxylation is 2. The Labute approximate surface area is 124 Å². The highest BCUT2D eigenvalue weighted by Gasteiger charge is 2.06. The molecule has 0 aliphatic carbocycles. The molecule has 0 unspecified atom stereocenters. The first-order valence-electron chi connectivity index (χ1n) is 6.97. The lowest BCUT2D eigenvalue weighted by Crippen LogP contribution is -1.98. The van der Waals surface area contributed by atoms with Crippen LogP contribution in [0.3, 0.4) is 0 Å². The molecule has 0 aliphatic rings. The van der Waals surface area contributed by atoms with E-state index in [4.69, 9.17) is 10.5 Å². The number of nitrogen functional groups attached to an aromatic ring is 1. The molecule has 0 saturated heterocycles. The molecule has 3 nitrogen and oxygen atoms in total. The van der Waals surface area contributed by atoms with Gasteiger partial charge in [-0.15, -0.1) is 0 Å². The van der Waals surface area contributed by atoms with Crippen LogP contribution in [-0.2, 0) is 6.61 Å². The SMILES string of the molecule is Cc1ccc(COc2ccc(N)c3ncccc23)cc1C. The number of hydrogen-bond acceptors (Lipinski definition) is 3. The van der Waals surface area contributed by atoms with E-state index in [9.17, 15) is 0 Å². The summed E-state index contributed by atoms with van der Waals surface area (Å²) in [4.78, 5) is 4.32. The van der Waals surface area contributed by atoms with E-state index in [-0.39, 0.29) is 0 Å². The fourth-order valence-electron chi connectivity index (χ4n) is 2.35. The van der Waals surface area contributed by atoms with Crippen LogP contribution in [0.15, 0.2) is 48.7 Å². The van der Waals surface area contributed by atoms with Gasteiger partial charge in [0.2, 0.25) is 0 Å². The van der Waals surface area contributed by atoms with Crippen LogP contribution in [0.25, 0.3) is 10.9 Å². The molecule has 0 aliphatic heterocycles. The zero-order chi connectivity index (χ0) is 14.8. The summed E-state index contributed by atoms with van der Waals surface area (Å²) in [6, 6.07) is 14.0. The molecule has 0 spiro atoms. The van der Waals surface area contributed by atoms with Crippen LogP contribution in [0.1, 0.15) is 16.7 Å². The van der Waals surface area contributed by atoms with Crippen molar-refractivity contribution in [1.82, 2.24) is 4.98 Å². The molecule has 0 radical (unpaired) electrons. The number of ether oxygens (including phenoxy) is 1. The monoisotopic (exact) mass is 278 g/mol. The molecule has 0 fully saturated rings. The molecule has 3 aromatic rings. The molecule has 1 aromatic heterocycles. The minimum atomic E-state index is 0.537. The summed E-state index contributed by atoms with van der Waals surface area (Å²) in [7, 11) is 0. The summed E-state index contributed by atoms with van der Waals surface area (Å²) in [5.74, 6) is 0.811. The van der Waals surface area contributed by atoms with Gasteiger partial charge in [0.1, 0.15) is 12.4 Å². The first kappa shape index (κ1) is 13.4. The van der Waals surface area contributed by atoms with Gasteiger partial charge in [-0.2, -0.15) is 0 Å². The van der Waals surface area contributed by atoms with E-state index in [2.05, 4.69) is 37.0 Å². The van der Waals surface area contributed by atoms with Crippen molar-refractivity contribution in [3.63, 3.8) is 0 Å². The van der Waals surface area contributed by atoms with Crippen LogP contribution >= 0.6 is 0 Å². The molecule has 106 valence electrons. The molecular weight excluding hydrogens is 260 g/mol. The van der Waals surface area contributed by atoms with Gasteiger partial charge in [-0.25, -0.2) is 0 Å². The standard InChI is InChI=1S/C18H18N2O/c1-12-5-6-14(10-13(12)2)11-21-17-8-7-16(19)18-15(17)4-3-9-20-18/h3-10H,11,19H2,1-2H3. The van der Waals surface area contributed by atoms with Crippen LogP contribution in [0.4, 0.5) is 5.69 Å². The summed E-state index contributed by atoms with van der Waals surface area (Å²) in [6.45, 7) is 4.76. The Morgan fingerprint density at radius 1 is 1.05 bits per heavy atom. The first-order valence-corrected chi connectivity index (χ1v) is 6.97. The maximum absolute atomic E-state index is 5.96. The van der Waals surface area contributed by atoms with E-state index in [1.54, 1.807) is 6.20 Å². The maximum Gasteiger partial charge on any atom is 0.129 e. The van der Waals surface area contributed by atoms with Crippen molar-refractivity contribution in [1.29, 1.82) is 0 Å². The largest absolute Gasteiger partial charge is 0.488 e. The lowest BCUT2D eigenvalue weighted by molar-refractivity contribution is 0.310. The van der Waals surface area contributed by atoms with Crippen molar-refractivity contribution < 1.29 is 4.74 Å². The zero-order valence-electron chi connectivity index (χ0n) is 12.3. The van der Waals surface area contributed by atoms with E-state index in [1.165, 1.54) is 11.1 Å². The number of nitrogens with two attached hydrogens (primary N) is 1.